The standard InChI is InChI=1S/C53H59N11O8/c1-29-25-59(32-12-14-61-34(21-32)28-72-46-39(61)7-6-36-45(46)52(71)64(49(36)68)40-8-10-44(66)57-48(40)67)15-16-60(29)33-5-9-43(55-24-33)56-38-19-31(26-58(4)50(38)69)35-11-13-54-47(37(35)27-65)63-18-17-62-41(51(63)70)20-30-22-53(2,3)23-42(30)62/h5-7,9,11,13,19-20,24,26,29,32,34,40,50,65,69H,8,10,12,14-18,21-23,25,27-28H2,1-4H3,(H,55,56)(H,57,66,67)/t29-,32+,34+,40?,50?/m0/s1. The molecule has 2 unspecified atom stereocenters. The summed E-state index contributed by atoms with van der Waals surface area (Å²) in [7, 11) is 1.78. The number of piperidine rings is 2. The van der Waals surface area contributed by atoms with E-state index in [9.17, 15) is 34.2 Å². The van der Waals surface area contributed by atoms with Crippen molar-refractivity contribution in [2.45, 2.75) is 103 Å². The predicted octanol–water partition coefficient (Wildman–Crippen LogP) is 3.50. The molecule has 5 amide bonds. The molecule has 19 nitrogen and oxygen atoms in total. The molecular formula is C53H59N11O8. The molecule has 0 saturated carbocycles. The molecule has 4 aromatic rings. The van der Waals surface area contributed by atoms with E-state index < -0.39 is 35.9 Å². The zero-order valence-corrected chi connectivity index (χ0v) is 40.9. The smallest absolute Gasteiger partial charge is 0.276 e. The van der Waals surface area contributed by atoms with Crippen LogP contribution in [0.5, 0.6) is 5.75 Å². The molecule has 5 atom stereocenters. The molecule has 8 aliphatic rings. The van der Waals surface area contributed by atoms with Crippen LogP contribution in [-0.4, -0.2) is 146 Å². The highest BCUT2D eigenvalue weighted by atomic mass is 16.5. The van der Waals surface area contributed by atoms with Crippen LogP contribution in [0.4, 0.5) is 23.0 Å². The van der Waals surface area contributed by atoms with Crippen LogP contribution in [0.15, 0.2) is 66.8 Å². The first kappa shape index (κ1) is 46.0. The monoisotopic (exact) mass is 977 g/mol. The molecular weight excluding hydrogens is 919 g/mol. The van der Waals surface area contributed by atoms with Crippen molar-refractivity contribution in [2.24, 2.45) is 5.41 Å². The highest BCUT2D eigenvalue weighted by molar-refractivity contribution is 6.25. The molecule has 1 aliphatic carbocycles. The summed E-state index contributed by atoms with van der Waals surface area (Å²) in [4.78, 5) is 86.7. The van der Waals surface area contributed by atoms with Gasteiger partial charge in [0.25, 0.3) is 17.7 Å². The number of likely N-dealkylation sites (N-methyl/N-ethyl adjacent to an activating group) is 1. The van der Waals surface area contributed by atoms with Crippen molar-refractivity contribution in [3.8, 4) is 5.75 Å². The third-order valence-corrected chi connectivity index (χ3v) is 16.2. The number of anilines is 4. The van der Waals surface area contributed by atoms with Crippen molar-refractivity contribution < 1.29 is 38.9 Å². The fraction of sp³-hybridized carbons (Fsp3) is 0.453. The van der Waals surface area contributed by atoms with Crippen LogP contribution >= 0.6 is 0 Å². The molecule has 374 valence electrons. The fourth-order valence-electron chi connectivity index (χ4n) is 12.7. The number of nitrogens with zero attached hydrogens (tertiary/aromatic N) is 9. The molecule has 3 aromatic heterocycles. The zero-order chi connectivity index (χ0) is 49.9. The Morgan fingerprint density at radius 2 is 1.75 bits per heavy atom. The number of piperazine rings is 1. The van der Waals surface area contributed by atoms with E-state index in [1.807, 2.05) is 48.8 Å². The van der Waals surface area contributed by atoms with Gasteiger partial charge in [0, 0.05) is 94.0 Å². The van der Waals surface area contributed by atoms with Crippen LogP contribution in [-0.2, 0) is 35.6 Å². The normalized spacial score (nSPS) is 25.8. The summed E-state index contributed by atoms with van der Waals surface area (Å²) < 4.78 is 8.50. The maximum atomic E-state index is 14.0. The summed E-state index contributed by atoms with van der Waals surface area (Å²) >= 11 is 0. The van der Waals surface area contributed by atoms with Gasteiger partial charge in [-0.3, -0.25) is 44.0 Å². The van der Waals surface area contributed by atoms with E-state index in [4.69, 9.17) is 9.72 Å². The molecule has 4 N–H and O–H groups in total. The van der Waals surface area contributed by atoms with Crippen molar-refractivity contribution in [1.29, 1.82) is 0 Å². The van der Waals surface area contributed by atoms with Gasteiger partial charge in [-0.25, -0.2) is 9.97 Å². The summed E-state index contributed by atoms with van der Waals surface area (Å²) in [6, 6.07) is 10.9. The molecule has 3 fully saturated rings. The number of carbonyl (C=O) groups excluding carboxylic acids is 5. The molecule has 0 bridgehead atoms. The predicted molar refractivity (Wildman–Crippen MR) is 266 cm³/mol. The maximum Gasteiger partial charge on any atom is 0.276 e. The zero-order valence-electron chi connectivity index (χ0n) is 40.9. The lowest BCUT2D eigenvalue weighted by molar-refractivity contribution is -0.136. The number of benzene rings is 1. The highest BCUT2D eigenvalue weighted by Crippen LogP contribution is 2.46. The van der Waals surface area contributed by atoms with Gasteiger partial charge in [0.05, 0.1) is 47.0 Å². The Kier molecular flexibility index (Phi) is 11.1. The molecule has 72 heavy (non-hydrogen) atoms. The van der Waals surface area contributed by atoms with Crippen molar-refractivity contribution in [3.05, 3.63) is 106 Å². The Morgan fingerprint density at radius 1 is 0.903 bits per heavy atom. The SMILES string of the molecule is C[C@H]1CN([C@@H]2CCN3c4ccc5c(c4OC[C@H]3C2)C(=O)N(C2CCC(=O)NC2=O)C5=O)CCN1c1ccc(NC2=CC(c3ccnc(N4CCn5c(cc6c5CC(C)(C)C6)C4=O)c3CO)=CN(C)C2O)nc1. The fourth-order valence-corrected chi connectivity index (χ4v) is 12.7. The van der Waals surface area contributed by atoms with E-state index in [0.717, 1.165) is 73.7 Å². The summed E-state index contributed by atoms with van der Waals surface area (Å²) in [6.45, 7) is 11.2. The van der Waals surface area contributed by atoms with Gasteiger partial charge in [0.15, 0.2) is 12.0 Å². The molecule has 0 radical (unpaired) electrons. The van der Waals surface area contributed by atoms with Gasteiger partial charge in [-0.05, 0) is 98.0 Å². The molecule has 10 heterocycles. The molecule has 0 spiro atoms. The Labute approximate surface area is 416 Å². The summed E-state index contributed by atoms with van der Waals surface area (Å²) in [5.74, 6) is -0.900. The second kappa shape index (κ2) is 17.3. The van der Waals surface area contributed by atoms with Crippen LogP contribution in [0.25, 0.3) is 5.57 Å². The first-order chi connectivity index (χ1) is 34.7. The number of carbonyl (C=O) groups is 5. The van der Waals surface area contributed by atoms with E-state index in [0.29, 0.717) is 65.6 Å². The van der Waals surface area contributed by atoms with E-state index in [1.165, 1.54) is 11.3 Å². The minimum Gasteiger partial charge on any atom is -0.488 e. The molecule has 3 saturated heterocycles. The van der Waals surface area contributed by atoms with Gasteiger partial charge in [-0.1, -0.05) is 13.8 Å². The van der Waals surface area contributed by atoms with Gasteiger partial charge in [-0.2, -0.15) is 0 Å². The van der Waals surface area contributed by atoms with Crippen molar-refractivity contribution in [2.75, 3.05) is 66.4 Å². The molecule has 1 aromatic carbocycles. The number of nitrogens with one attached hydrogen (secondary N) is 2. The number of rotatable bonds is 8. The van der Waals surface area contributed by atoms with Gasteiger partial charge < -0.3 is 39.5 Å². The van der Waals surface area contributed by atoms with Gasteiger partial charge in [0.2, 0.25) is 11.8 Å². The summed E-state index contributed by atoms with van der Waals surface area (Å²) in [6.07, 6.45) is 10.1. The third kappa shape index (κ3) is 7.53. The number of allylic oxidation sites excluding steroid dienone is 2. The highest BCUT2D eigenvalue weighted by Gasteiger charge is 2.49. The summed E-state index contributed by atoms with van der Waals surface area (Å²) in [5.41, 5.74) is 8.00. The minimum absolute atomic E-state index is 0.0577. The number of imide groups is 2. The first-order valence-corrected chi connectivity index (χ1v) is 25.1. The van der Waals surface area contributed by atoms with E-state index in [-0.39, 0.29) is 54.0 Å². The lowest BCUT2D eigenvalue weighted by Gasteiger charge is -2.50. The average molecular weight is 978 g/mol. The number of aliphatic hydroxyl groups is 2. The van der Waals surface area contributed by atoms with Gasteiger partial charge in [0.1, 0.15) is 30.0 Å². The molecule has 7 aliphatic heterocycles. The number of amides is 5. The number of aliphatic hydroxyl groups excluding tert-OH is 2. The van der Waals surface area contributed by atoms with Crippen LogP contribution in [0.3, 0.4) is 0 Å². The van der Waals surface area contributed by atoms with E-state index in [2.05, 4.69) is 55.7 Å². The van der Waals surface area contributed by atoms with Gasteiger partial charge >= 0.3 is 0 Å². The van der Waals surface area contributed by atoms with Crippen LogP contribution in [0, 0.1) is 5.41 Å². The lowest BCUT2D eigenvalue weighted by atomic mass is 9.90. The van der Waals surface area contributed by atoms with Crippen molar-refractivity contribution in [1.82, 2.24) is 34.6 Å². The Hall–Kier alpha value is -7.09. The number of ether oxygens (including phenoxy) is 1. The number of fused-ring (bicyclic) bond motifs is 8. The van der Waals surface area contributed by atoms with Crippen LogP contribution in [0.2, 0.25) is 0 Å². The van der Waals surface area contributed by atoms with Crippen molar-refractivity contribution >= 4 is 58.1 Å². The summed E-state index contributed by atoms with van der Waals surface area (Å²) in [5, 5.41) is 27.8. The Bertz CT molecular complexity index is 3040. The largest absolute Gasteiger partial charge is 0.488 e. The first-order valence-electron chi connectivity index (χ1n) is 25.1. The number of aromatic nitrogens is 3. The van der Waals surface area contributed by atoms with E-state index in [1.54, 1.807) is 29.1 Å². The van der Waals surface area contributed by atoms with E-state index >= 15 is 0 Å². The second-order valence-electron chi connectivity index (χ2n) is 21.4. The Morgan fingerprint density at radius 3 is 2.53 bits per heavy atom. The average Bonchev–Trinajstić information content (AvgIpc) is 3.96. The third-order valence-electron chi connectivity index (χ3n) is 16.2. The van der Waals surface area contributed by atoms with Crippen LogP contribution in [0.1, 0.15) is 100 Å². The maximum absolute atomic E-state index is 14.0. The Balaban J connectivity index is 0.686. The number of hydrogen-bond acceptors (Lipinski definition) is 15. The number of pyridine rings is 2. The van der Waals surface area contributed by atoms with Gasteiger partial charge in [-0.15, -0.1) is 0 Å². The van der Waals surface area contributed by atoms with Crippen molar-refractivity contribution in [3.63, 3.8) is 0 Å². The topological polar surface area (TPSA) is 209 Å². The van der Waals surface area contributed by atoms with Crippen LogP contribution < -0.4 is 30.1 Å². The number of hydrogen-bond donors (Lipinski definition) is 4. The molecule has 12 rings (SSSR count). The molecule has 19 heteroatoms. The quantitative estimate of drug-likeness (QED) is 0.186. The lowest BCUT2D eigenvalue weighted by Crippen LogP contribution is -2.59. The second-order valence-corrected chi connectivity index (χ2v) is 21.4. The minimum atomic E-state index is -1.04.